The molecule has 5 aromatic rings. The summed E-state index contributed by atoms with van der Waals surface area (Å²) in [5, 5.41) is 1.94. The molecule has 0 radical (unpaired) electrons. The van der Waals surface area contributed by atoms with Gasteiger partial charge in [0.25, 0.3) is 0 Å². The SMILES string of the molecule is Cc1ccc2c(oc3c(-c4ccc(N5CCCCC5)cc4)c(F)ccc32)c1-c1cccc[n+]1C. The Balaban J connectivity index is 1.54. The summed E-state index contributed by atoms with van der Waals surface area (Å²) in [5.41, 5.74) is 7.21. The molecule has 0 amide bonds. The van der Waals surface area contributed by atoms with Crippen molar-refractivity contribution in [2.75, 3.05) is 18.0 Å². The van der Waals surface area contributed by atoms with Gasteiger partial charge in [0.1, 0.15) is 24.0 Å². The van der Waals surface area contributed by atoms with Crippen LogP contribution in [0.15, 0.2) is 77.3 Å². The van der Waals surface area contributed by atoms with E-state index in [0.29, 0.717) is 11.1 Å². The Morgan fingerprint density at radius 2 is 1.50 bits per heavy atom. The molecule has 0 spiro atoms. The molecule has 0 unspecified atom stereocenters. The molecule has 3 aromatic carbocycles. The number of benzene rings is 3. The van der Waals surface area contributed by atoms with Crippen LogP contribution in [-0.2, 0) is 7.05 Å². The van der Waals surface area contributed by atoms with Crippen LogP contribution in [0, 0.1) is 12.7 Å². The quantitative estimate of drug-likeness (QED) is 0.271. The van der Waals surface area contributed by atoms with E-state index >= 15 is 4.39 Å². The molecule has 0 N–H and O–H groups in total. The minimum absolute atomic E-state index is 0.263. The molecule has 1 fully saturated rings. The number of fused-ring (bicyclic) bond motifs is 3. The fourth-order valence-corrected chi connectivity index (χ4v) is 5.34. The lowest BCUT2D eigenvalue weighted by molar-refractivity contribution is -0.660. The van der Waals surface area contributed by atoms with Crippen molar-refractivity contribution in [1.82, 2.24) is 0 Å². The van der Waals surface area contributed by atoms with E-state index in [-0.39, 0.29) is 5.82 Å². The van der Waals surface area contributed by atoms with Crippen LogP contribution in [0.5, 0.6) is 0 Å². The molecule has 1 aliphatic rings. The number of furan rings is 1. The third kappa shape index (κ3) is 3.37. The van der Waals surface area contributed by atoms with E-state index in [4.69, 9.17) is 4.42 Å². The Kier molecular flexibility index (Phi) is 5.09. The molecule has 1 aliphatic heterocycles. The minimum atomic E-state index is -0.263. The number of pyridine rings is 1. The van der Waals surface area contributed by atoms with Crippen molar-refractivity contribution >= 4 is 27.6 Å². The zero-order valence-electron chi connectivity index (χ0n) is 19.6. The highest BCUT2D eigenvalue weighted by Gasteiger charge is 2.23. The van der Waals surface area contributed by atoms with Crippen LogP contribution in [0.2, 0.25) is 0 Å². The van der Waals surface area contributed by atoms with Crippen LogP contribution < -0.4 is 9.47 Å². The average molecular weight is 452 g/mol. The van der Waals surface area contributed by atoms with Crippen molar-refractivity contribution in [3.8, 4) is 22.4 Å². The molecule has 3 heterocycles. The molecule has 4 heteroatoms. The topological polar surface area (TPSA) is 20.3 Å². The molecule has 6 rings (SSSR count). The van der Waals surface area contributed by atoms with Crippen LogP contribution >= 0.6 is 0 Å². The minimum Gasteiger partial charge on any atom is -0.454 e. The van der Waals surface area contributed by atoms with Crippen LogP contribution in [0.25, 0.3) is 44.3 Å². The predicted molar refractivity (Wildman–Crippen MR) is 137 cm³/mol. The van der Waals surface area contributed by atoms with Crippen LogP contribution in [0.1, 0.15) is 24.8 Å². The molecule has 0 saturated carbocycles. The lowest BCUT2D eigenvalue weighted by Crippen LogP contribution is -2.30. The van der Waals surface area contributed by atoms with Gasteiger partial charge in [0, 0.05) is 41.7 Å². The monoisotopic (exact) mass is 451 g/mol. The number of piperidine rings is 1. The van der Waals surface area contributed by atoms with Gasteiger partial charge in [-0.15, -0.1) is 0 Å². The molecule has 0 aliphatic carbocycles. The number of rotatable bonds is 3. The number of nitrogens with zero attached hydrogens (tertiary/aromatic N) is 2. The van der Waals surface area contributed by atoms with E-state index < -0.39 is 0 Å². The molecule has 2 aromatic heterocycles. The summed E-state index contributed by atoms with van der Waals surface area (Å²) in [6.07, 6.45) is 5.80. The molecule has 34 heavy (non-hydrogen) atoms. The summed E-state index contributed by atoms with van der Waals surface area (Å²) in [4.78, 5) is 2.42. The summed E-state index contributed by atoms with van der Waals surface area (Å²) in [6.45, 7) is 4.27. The van der Waals surface area contributed by atoms with E-state index in [1.54, 1.807) is 6.07 Å². The highest BCUT2D eigenvalue weighted by Crippen LogP contribution is 2.41. The fourth-order valence-electron chi connectivity index (χ4n) is 5.34. The number of hydrogen-bond donors (Lipinski definition) is 0. The maximum absolute atomic E-state index is 15.3. The standard InChI is InChI=1S/C30H28FN2O/c1-20-9-14-23-24-15-16-25(31)28(21-10-12-22(13-11-21)33-18-5-3-6-19-33)30(24)34-29(23)27(20)26-8-4-7-17-32(26)2/h4,7-17H,3,5-6,18-19H2,1-2H3/q+1. The Morgan fingerprint density at radius 3 is 2.24 bits per heavy atom. The third-order valence-corrected chi connectivity index (χ3v) is 7.16. The summed E-state index contributed by atoms with van der Waals surface area (Å²) in [7, 11) is 2.03. The van der Waals surface area contributed by atoms with Crippen molar-refractivity contribution in [3.63, 3.8) is 0 Å². The number of hydrogen-bond acceptors (Lipinski definition) is 2. The second-order valence-corrected chi connectivity index (χ2v) is 9.33. The van der Waals surface area contributed by atoms with Crippen molar-refractivity contribution in [2.45, 2.75) is 26.2 Å². The Labute approximate surface area is 199 Å². The van der Waals surface area contributed by atoms with E-state index in [0.717, 1.165) is 51.8 Å². The molecule has 3 nitrogen and oxygen atoms in total. The first-order valence-corrected chi connectivity index (χ1v) is 12.1. The van der Waals surface area contributed by atoms with Crippen LogP contribution in [-0.4, -0.2) is 13.1 Å². The van der Waals surface area contributed by atoms with Gasteiger partial charge in [0.15, 0.2) is 6.20 Å². The van der Waals surface area contributed by atoms with Crippen molar-refractivity contribution in [3.05, 3.63) is 84.3 Å². The first kappa shape index (κ1) is 20.9. The first-order chi connectivity index (χ1) is 16.6. The first-order valence-electron chi connectivity index (χ1n) is 12.1. The second-order valence-electron chi connectivity index (χ2n) is 9.33. The predicted octanol–water partition coefficient (Wildman–Crippen LogP) is 7.18. The number of halogens is 1. The number of aromatic nitrogens is 1. The summed E-state index contributed by atoms with van der Waals surface area (Å²) < 4.78 is 23.9. The maximum Gasteiger partial charge on any atom is 0.216 e. The lowest BCUT2D eigenvalue weighted by atomic mass is 9.98. The van der Waals surface area contributed by atoms with Gasteiger partial charge in [-0.1, -0.05) is 24.3 Å². The smallest absolute Gasteiger partial charge is 0.216 e. The highest BCUT2D eigenvalue weighted by atomic mass is 19.1. The van der Waals surface area contributed by atoms with E-state index in [1.165, 1.54) is 24.9 Å². The third-order valence-electron chi connectivity index (χ3n) is 7.16. The van der Waals surface area contributed by atoms with Gasteiger partial charge in [-0.3, -0.25) is 0 Å². The normalized spacial score (nSPS) is 14.3. The van der Waals surface area contributed by atoms with Crippen LogP contribution in [0.4, 0.5) is 10.1 Å². The van der Waals surface area contributed by atoms with E-state index in [1.807, 2.05) is 43.6 Å². The van der Waals surface area contributed by atoms with Crippen molar-refractivity contribution < 1.29 is 13.4 Å². The Morgan fingerprint density at radius 1 is 0.794 bits per heavy atom. The van der Waals surface area contributed by atoms with Crippen molar-refractivity contribution in [1.29, 1.82) is 0 Å². The second kappa shape index (κ2) is 8.28. The van der Waals surface area contributed by atoms with Crippen molar-refractivity contribution in [2.24, 2.45) is 7.05 Å². The molecular formula is C30H28FN2O+. The van der Waals surface area contributed by atoms with Gasteiger partial charge < -0.3 is 9.32 Å². The van der Waals surface area contributed by atoms with E-state index in [9.17, 15) is 0 Å². The molecular weight excluding hydrogens is 423 g/mol. The van der Waals surface area contributed by atoms with Gasteiger partial charge >= 0.3 is 0 Å². The van der Waals surface area contributed by atoms with Gasteiger partial charge in [-0.25, -0.2) is 8.96 Å². The van der Waals surface area contributed by atoms with E-state index in [2.05, 4.69) is 46.7 Å². The Bertz CT molecular complexity index is 1510. The van der Waals surface area contributed by atoms with Gasteiger partial charge in [0.2, 0.25) is 5.69 Å². The molecule has 1 saturated heterocycles. The van der Waals surface area contributed by atoms with Crippen LogP contribution in [0.3, 0.4) is 0 Å². The molecule has 0 bridgehead atoms. The summed E-state index contributed by atoms with van der Waals surface area (Å²) in [6, 6.07) is 22.0. The van der Waals surface area contributed by atoms with Gasteiger partial charge in [-0.2, -0.15) is 0 Å². The molecule has 0 atom stereocenters. The fraction of sp³-hybridized carbons (Fsp3) is 0.233. The number of anilines is 1. The maximum atomic E-state index is 15.3. The highest BCUT2D eigenvalue weighted by molar-refractivity contribution is 6.13. The Hall–Kier alpha value is -3.66. The summed E-state index contributed by atoms with van der Waals surface area (Å²) in [5.74, 6) is -0.263. The zero-order chi connectivity index (χ0) is 23.2. The largest absolute Gasteiger partial charge is 0.454 e. The van der Waals surface area contributed by atoms with Gasteiger partial charge in [-0.05, 0) is 67.6 Å². The lowest BCUT2D eigenvalue weighted by Gasteiger charge is -2.28. The average Bonchev–Trinajstić information content (AvgIpc) is 3.24. The molecule has 170 valence electrons. The summed E-state index contributed by atoms with van der Waals surface area (Å²) >= 11 is 0. The number of aryl methyl sites for hydroxylation is 2. The zero-order valence-corrected chi connectivity index (χ0v) is 19.6. The van der Waals surface area contributed by atoms with Gasteiger partial charge in [0.05, 0.1) is 11.1 Å².